The van der Waals surface area contributed by atoms with Crippen LogP contribution >= 0.6 is 0 Å². The van der Waals surface area contributed by atoms with Crippen LogP contribution in [0.4, 0.5) is 4.39 Å². The summed E-state index contributed by atoms with van der Waals surface area (Å²) in [7, 11) is 1.63. The molecule has 1 saturated heterocycles. The maximum atomic E-state index is 14.9. The van der Waals surface area contributed by atoms with E-state index in [0.29, 0.717) is 48.8 Å². The quantitative estimate of drug-likeness (QED) is 0.472. The first-order valence-corrected chi connectivity index (χ1v) is 11.9. The summed E-state index contributed by atoms with van der Waals surface area (Å²) in [6, 6.07) is 11.3. The van der Waals surface area contributed by atoms with Crippen molar-refractivity contribution in [1.29, 1.82) is 0 Å². The van der Waals surface area contributed by atoms with Gasteiger partial charge in [-0.25, -0.2) is 9.18 Å². The number of rotatable bonds is 7. The van der Waals surface area contributed by atoms with Crippen LogP contribution in [-0.4, -0.2) is 48.2 Å². The number of methoxy groups -OCH3 is 1. The number of aromatic carboxylic acids is 1. The number of nitrogens with zero attached hydrogens (tertiary/aromatic N) is 1. The van der Waals surface area contributed by atoms with Crippen molar-refractivity contribution < 1.29 is 28.5 Å². The molecule has 1 N–H and O–H groups in total. The number of aromatic nitrogens is 1. The van der Waals surface area contributed by atoms with E-state index in [1.165, 1.54) is 18.3 Å². The van der Waals surface area contributed by atoms with Crippen molar-refractivity contribution in [2.75, 3.05) is 26.9 Å². The molecule has 5 rings (SSSR count). The number of ether oxygens (including phenoxy) is 3. The molecule has 7 nitrogen and oxygen atoms in total. The Morgan fingerprint density at radius 3 is 2.67 bits per heavy atom. The van der Waals surface area contributed by atoms with Crippen molar-refractivity contribution in [2.24, 2.45) is 0 Å². The van der Waals surface area contributed by atoms with E-state index in [1.807, 2.05) is 30.5 Å². The lowest BCUT2D eigenvalue weighted by Gasteiger charge is -2.38. The number of carboxylic acids is 1. The van der Waals surface area contributed by atoms with Crippen LogP contribution in [0.1, 0.15) is 48.1 Å². The molecule has 1 fully saturated rings. The summed E-state index contributed by atoms with van der Waals surface area (Å²) in [5, 5.41) is 9.60. The van der Waals surface area contributed by atoms with Crippen LogP contribution in [-0.2, 0) is 9.47 Å². The van der Waals surface area contributed by atoms with Gasteiger partial charge in [-0.3, -0.25) is 4.79 Å². The fraction of sp³-hybridized carbons (Fsp3) is 0.357. The second-order valence-corrected chi connectivity index (χ2v) is 9.73. The van der Waals surface area contributed by atoms with Crippen LogP contribution < -0.4 is 10.2 Å². The van der Waals surface area contributed by atoms with Gasteiger partial charge < -0.3 is 23.9 Å². The van der Waals surface area contributed by atoms with Crippen molar-refractivity contribution in [3.63, 3.8) is 0 Å². The third-order valence-corrected chi connectivity index (χ3v) is 7.08. The second-order valence-electron chi connectivity index (χ2n) is 9.73. The summed E-state index contributed by atoms with van der Waals surface area (Å²) in [4.78, 5) is 24.5. The first kappa shape index (κ1) is 24.2. The fourth-order valence-corrected chi connectivity index (χ4v) is 5.43. The molecule has 3 heterocycles. The van der Waals surface area contributed by atoms with Gasteiger partial charge in [0.1, 0.15) is 17.1 Å². The number of benzene rings is 2. The molecule has 2 aliphatic heterocycles. The van der Waals surface area contributed by atoms with Gasteiger partial charge >= 0.3 is 5.97 Å². The molecule has 1 aromatic heterocycles. The standard InChI is InChI=1S/C28H28FNO6/c1-28(2)26-21(15-36-28)17-12-25(35-10-6-9-34-3)19(16-7-4-5-8-22(16)29)11-18(17)23-13-24(31)20(27(32)33)14-30(23)26/h4-5,7-8,11-14,21,26H,6,9-10,15H2,1-3H3,(H,32,33)/t21-,26?/m1/s1. The highest BCUT2D eigenvalue weighted by Gasteiger charge is 2.49. The van der Waals surface area contributed by atoms with Crippen LogP contribution in [0, 0.1) is 5.82 Å². The largest absolute Gasteiger partial charge is 0.493 e. The number of carboxylic acid groups (broad SMARTS) is 1. The van der Waals surface area contributed by atoms with E-state index in [9.17, 15) is 19.1 Å². The lowest BCUT2D eigenvalue weighted by Crippen LogP contribution is -2.36. The summed E-state index contributed by atoms with van der Waals surface area (Å²) in [6.07, 6.45) is 2.08. The highest BCUT2D eigenvalue weighted by molar-refractivity contribution is 5.88. The smallest absolute Gasteiger partial charge is 0.341 e. The van der Waals surface area contributed by atoms with Crippen molar-refractivity contribution in [1.82, 2.24) is 4.57 Å². The predicted molar refractivity (Wildman–Crippen MR) is 132 cm³/mol. The average Bonchev–Trinajstić information content (AvgIpc) is 3.17. The monoisotopic (exact) mass is 493 g/mol. The van der Waals surface area contributed by atoms with Crippen LogP contribution in [0.25, 0.3) is 22.4 Å². The Kier molecular flexibility index (Phi) is 6.18. The Balaban J connectivity index is 1.75. The minimum Gasteiger partial charge on any atom is -0.493 e. The number of halogens is 1. The van der Waals surface area contributed by atoms with Gasteiger partial charge in [-0.1, -0.05) is 18.2 Å². The number of hydrogen-bond acceptors (Lipinski definition) is 5. The molecule has 0 saturated carbocycles. The summed E-state index contributed by atoms with van der Waals surface area (Å²) in [5.41, 5.74) is 1.68. The van der Waals surface area contributed by atoms with Gasteiger partial charge in [-0.05, 0) is 37.6 Å². The van der Waals surface area contributed by atoms with Crippen molar-refractivity contribution in [3.05, 3.63) is 75.8 Å². The molecule has 2 atom stereocenters. The lowest BCUT2D eigenvalue weighted by atomic mass is 9.78. The number of hydrogen-bond donors (Lipinski definition) is 1. The molecular formula is C28H28FNO6. The highest BCUT2D eigenvalue weighted by atomic mass is 19.1. The Labute approximate surface area is 208 Å². The lowest BCUT2D eigenvalue weighted by molar-refractivity contribution is 0.0145. The van der Waals surface area contributed by atoms with E-state index in [2.05, 4.69) is 0 Å². The number of pyridine rings is 1. The van der Waals surface area contributed by atoms with E-state index in [4.69, 9.17) is 14.2 Å². The van der Waals surface area contributed by atoms with Crippen LogP contribution in [0.3, 0.4) is 0 Å². The molecule has 36 heavy (non-hydrogen) atoms. The summed E-state index contributed by atoms with van der Waals surface area (Å²) >= 11 is 0. The topological polar surface area (TPSA) is 87.0 Å². The van der Waals surface area contributed by atoms with Crippen molar-refractivity contribution >= 4 is 5.97 Å². The van der Waals surface area contributed by atoms with E-state index < -0.39 is 22.8 Å². The fourth-order valence-electron chi connectivity index (χ4n) is 5.43. The molecular weight excluding hydrogens is 465 g/mol. The van der Waals surface area contributed by atoms with E-state index in [-0.39, 0.29) is 17.5 Å². The van der Waals surface area contributed by atoms with E-state index in [1.54, 1.807) is 25.3 Å². The third kappa shape index (κ3) is 4.00. The summed E-state index contributed by atoms with van der Waals surface area (Å²) in [6.45, 7) is 5.26. The van der Waals surface area contributed by atoms with Gasteiger partial charge in [0.2, 0.25) is 0 Å². The van der Waals surface area contributed by atoms with E-state index >= 15 is 0 Å². The van der Waals surface area contributed by atoms with Gasteiger partial charge in [0.05, 0.1) is 30.6 Å². The van der Waals surface area contributed by atoms with E-state index in [0.717, 1.165) is 11.1 Å². The molecule has 0 spiro atoms. The molecule has 0 bridgehead atoms. The van der Waals surface area contributed by atoms with Gasteiger partial charge in [-0.15, -0.1) is 0 Å². The van der Waals surface area contributed by atoms with Crippen molar-refractivity contribution in [3.8, 4) is 28.1 Å². The Morgan fingerprint density at radius 2 is 1.94 bits per heavy atom. The van der Waals surface area contributed by atoms with Gasteiger partial charge in [0.15, 0.2) is 5.43 Å². The van der Waals surface area contributed by atoms with Crippen LogP contribution in [0.15, 0.2) is 53.5 Å². The summed E-state index contributed by atoms with van der Waals surface area (Å²) in [5.74, 6) is -1.24. The molecule has 188 valence electrons. The van der Waals surface area contributed by atoms with Crippen LogP contribution in [0.2, 0.25) is 0 Å². The van der Waals surface area contributed by atoms with Gasteiger partial charge in [0.25, 0.3) is 0 Å². The molecule has 0 aliphatic carbocycles. The molecule has 2 aromatic carbocycles. The zero-order chi connectivity index (χ0) is 25.6. The molecule has 0 amide bonds. The Morgan fingerprint density at radius 1 is 1.17 bits per heavy atom. The second kappa shape index (κ2) is 9.19. The van der Waals surface area contributed by atoms with Crippen LogP contribution in [0.5, 0.6) is 5.75 Å². The average molecular weight is 494 g/mol. The molecule has 8 heteroatoms. The highest BCUT2D eigenvalue weighted by Crippen LogP contribution is 2.54. The van der Waals surface area contributed by atoms with Gasteiger partial charge in [-0.2, -0.15) is 0 Å². The molecule has 3 aromatic rings. The normalized spacial score (nSPS) is 19.3. The minimum atomic E-state index is -1.28. The first-order chi connectivity index (χ1) is 17.2. The zero-order valence-electron chi connectivity index (χ0n) is 20.4. The SMILES string of the molecule is COCCCOc1cc2c(cc1-c1ccccc1F)-c1cc(=O)c(C(=O)O)cn1C1[C@@H]2COC1(C)C. The number of fused-ring (bicyclic) bond motifs is 6. The molecule has 0 radical (unpaired) electrons. The predicted octanol–water partition coefficient (Wildman–Crippen LogP) is 4.88. The van der Waals surface area contributed by atoms with Gasteiger partial charge in [0, 0.05) is 55.0 Å². The maximum absolute atomic E-state index is 14.9. The number of carbonyl (C=O) groups is 1. The first-order valence-electron chi connectivity index (χ1n) is 11.9. The van der Waals surface area contributed by atoms with Crippen molar-refractivity contribution in [2.45, 2.75) is 37.8 Å². The molecule has 2 aliphatic rings. The summed E-state index contributed by atoms with van der Waals surface area (Å²) < 4.78 is 34.2. The molecule has 1 unspecified atom stereocenters. The maximum Gasteiger partial charge on any atom is 0.341 e. The third-order valence-electron chi connectivity index (χ3n) is 7.08. The zero-order valence-corrected chi connectivity index (χ0v) is 20.4. The Hall–Kier alpha value is -3.49. The minimum absolute atomic E-state index is 0.109. The Bertz CT molecular complexity index is 1400.